The smallest absolute Gasteiger partial charge is 0.308 e. The SMILES string of the molecule is COC(=O)C1CCN(CC(=O)N[C@@H](Cc2ccccc2)c2ccccc2)CC1. The van der Waals surface area contributed by atoms with Gasteiger partial charge in [0.25, 0.3) is 0 Å². The number of piperidine rings is 1. The summed E-state index contributed by atoms with van der Waals surface area (Å²) < 4.78 is 4.83. The van der Waals surface area contributed by atoms with E-state index in [1.807, 2.05) is 36.4 Å². The predicted octanol–water partition coefficient (Wildman–Crippen LogP) is 2.97. The van der Waals surface area contributed by atoms with Crippen molar-refractivity contribution in [1.29, 1.82) is 0 Å². The predicted molar refractivity (Wildman–Crippen MR) is 109 cm³/mol. The van der Waals surface area contributed by atoms with E-state index in [0.29, 0.717) is 6.54 Å². The maximum atomic E-state index is 12.7. The fourth-order valence-corrected chi connectivity index (χ4v) is 3.72. The highest BCUT2D eigenvalue weighted by Crippen LogP contribution is 2.20. The summed E-state index contributed by atoms with van der Waals surface area (Å²) in [5.74, 6) is -0.170. The van der Waals surface area contributed by atoms with Crippen LogP contribution in [0.3, 0.4) is 0 Å². The van der Waals surface area contributed by atoms with Gasteiger partial charge in [-0.05, 0) is 43.5 Å². The lowest BCUT2D eigenvalue weighted by Gasteiger charge is -2.30. The number of benzene rings is 2. The van der Waals surface area contributed by atoms with Crippen molar-refractivity contribution in [2.24, 2.45) is 5.92 Å². The van der Waals surface area contributed by atoms with Gasteiger partial charge >= 0.3 is 5.97 Å². The van der Waals surface area contributed by atoms with Gasteiger partial charge in [-0.15, -0.1) is 0 Å². The Morgan fingerprint density at radius 1 is 1.04 bits per heavy atom. The Morgan fingerprint density at radius 2 is 1.64 bits per heavy atom. The van der Waals surface area contributed by atoms with Gasteiger partial charge in [0.2, 0.25) is 5.91 Å². The molecule has 2 aromatic carbocycles. The molecule has 1 N–H and O–H groups in total. The van der Waals surface area contributed by atoms with Gasteiger partial charge in [0.15, 0.2) is 0 Å². The van der Waals surface area contributed by atoms with E-state index in [1.165, 1.54) is 12.7 Å². The third-order valence-corrected chi connectivity index (χ3v) is 5.31. The number of ether oxygens (including phenoxy) is 1. The van der Waals surface area contributed by atoms with Crippen LogP contribution >= 0.6 is 0 Å². The highest BCUT2D eigenvalue weighted by molar-refractivity contribution is 5.78. The topological polar surface area (TPSA) is 58.6 Å². The summed E-state index contributed by atoms with van der Waals surface area (Å²) in [7, 11) is 1.43. The lowest BCUT2D eigenvalue weighted by Crippen LogP contribution is -2.43. The van der Waals surface area contributed by atoms with E-state index in [9.17, 15) is 9.59 Å². The van der Waals surface area contributed by atoms with E-state index in [0.717, 1.165) is 37.9 Å². The Kier molecular flexibility index (Phi) is 7.20. The third kappa shape index (κ3) is 5.67. The number of nitrogens with zero attached hydrogens (tertiary/aromatic N) is 1. The van der Waals surface area contributed by atoms with Crippen LogP contribution in [-0.2, 0) is 20.7 Å². The van der Waals surface area contributed by atoms with Crippen LogP contribution in [0.1, 0.15) is 30.0 Å². The van der Waals surface area contributed by atoms with E-state index < -0.39 is 0 Å². The molecule has 0 radical (unpaired) electrons. The molecule has 1 amide bonds. The molecule has 1 atom stereocenters. The summed E-state index contributed by atoms with van der Waals surface area (Å²) in [4.78, 5) is 26.5. The van der Waals surface area contributed by atoms with Crippen molar-refractivity contribution < 1.29 is 14.3 Å². The van der Waals surface area contributed by atoms with E-state index >= 15 is 0 Å². The van der Waals surface area contributed by atoms with Crippen molar-refractivity contribution in [1.82, 2.24) is 10.2 Å². The summed E-state index contributed by atoms with van der Waals surface area (Å²) in [6.07, 6.45) is 2.24. The molecule has 5 nitrogen and oxygen atoms in total. The Labute approximate surface area is 166 Å². The number of methoxy groups -OCH3 is 1. The molecule has 28 heavy (non-hydrogen) atoms. The Bertz CT molecular complexity index is 756. The van der Waals surface area contributed by atoms with Gasteiger partial charge in [0.1, 0.15) is 0 Å². The lowest BCUT2D eigenvalue weighted by atomic mass is 9.97. The molecule has 148 valence electrons. The second-order valence-corrected chi connectivity index (χ2v) is 7.29. The standard InChI is InChI=1S/C23H28N2O3/c1-28-23(27)20-12-14-25(15-13-20)17-22(26)24-21(19-10-6-3-7-11-19)16-18-8-4-2-5-9-18/h2-11,20-21H,12-17H2,1H3,(H,24,26)/t21-/m0/s1. The van der Waals surface area contributed by atoms with Crippen LogP contribution in [0.2, 0.25) is 0 Å². The molecular formula is C23H28N2O3. The molecule has 1 saturated heterocycles. The molecule has 1 heterocycles. The van der Waals surface area contributed by atoms with E-state index in [-0.39, 0.29) is 23.8 Å². The summed E-state index contributed by atoms with van der Waals surface area (Å²) in [5, 5.41) is 3.20. The normalized spacial score (nSPS) is 16.3. The molecule has 0 saturated carbocycles. The minimum Gasteiger partial charge on any atom is -0.469 e. The fraction of sp³-hybridized carbons (Fsp3) is 0.391. The van der Waals surface area contributed by atoms with Gasteiger partial charge in [-0.3, -0.25) is 14.5 Å². The first-order valence-corrected chi connectivity index (χ1v) is 9.84. The van der Waals surface area contributed by atoms with Crippen molar-refractivity contribution in [3.8, 4) is 0 Å². The summed E-state index contributed by atoms with van der Waals surface area (Å²) in [6, 6.07) is 20.2. The number of amides is 1. The highest BCUT2D eigenvalue weighted by atomic mass is 16.5. The van der Waals surface area contributed by atoms with Crippen molar-refractivity contribution in [2.75, 3.05) is 26.7 Å². The molecule has 0 bridgehead atoms. The maximum absolute atomic E-state index is 12.7. The zero-order valence-corrected chi connectivity index (χ0v) is 16.3. The van der Waals surface area contributed by atoms with Crippen molar-refractivity contribution in [2.45, 2.75) is 25.3 Å². The Balaban J connectivity index is 1.58. The summed E-state index contributed by atoms with van der Waals surface area (Å²) in [5.41, 5.74) is 2.29. The molecule has 0 unspecified atom stereocenters. The second-order valence-electron chi connectivity index (χ2n) is 7.29. The molecular weight excluding hydrogens is 352 g/mol. The van der Waals surface area contributed by atoms with Crippen LogP contribution < -0.4 is 5.32 Å². The van der Waals surface area contributed by atoms with Crippen molar-refractivity contribution >= 4 is 11.9 Å². The molecule has 0 spiro atoms. The Morgan fingerprint density at radius 3 is 2.25 bits per heavy atom. The molecule has 3 rings (SSSR count). The number of carbonyl (C=O) groups excluding carboxylic acids is 2. The first-order valence-electron chi connectivity index (χ1n) is 9.84. The largest absolute Gasteiger partial charge is 0.469 e. The quantitative estimate of drug-likeness (QED) is 0.751. The van der Waals surface area contributed by atoms with Crippen molar-refractivity contribution in [3.63, 3.8) is 0 Å². The van der Waals surface area contributed by atoms with Crippen LogP contribution in [-0.4, -0.2) is 43.5 Å². The number of esters is 1. The second kappa shape index (κ2) is 10.0. The minimum atomic E-state index is -0.142. The van der Waals surface area contributed by atoms with Crippen LogP contribution in [0.4, 0.5) is 0 Å². The number of carbonyl (C=O) groups is 2. The van der Waals surface area contributed by atoms with Gasteiger partial charge in [0, 0.05) is 0 Å². The highest BCUT2D eigenvalue weighted by Gasteiger charge is 2.27. The monoisotopic (exact) mass is 380 g/mol. The fourth-order valence-electron chi connectivity index (χ4n) is 3.72. The number of nitrogens with one attached hydrogen (secondary N) is 1. The summed E-state index contributed by atoms with van der Waals surface area (Å²) >= 11 is 0. The number of hydrogen-bond donors (Lipinski definition) is 1. The van der Waals surface area contributed by atoms with Gasteiger partial charge < -0.3 is 10.1 Å². The zero-order chi connectivity index (χ0) is 19.8. The molecule has 5 heteroatoms. The number of likely N-dealkylation sites (tertiary alicyclic amines) is 1. The van der Waals surface area contributed by atoms with Gasteiger partial charge in [-0.1, -0.05) is 60.7 Å². The van der Waals surface area contributed by atoms with E-state index in [4.69, 9.17) is 4.74 Å². The first kappa shape index (κ1) is 20.1. The van der Waals surface area contributed by atoms with Crippen LogP contribution in [0, 0.1) is 5.92 Å². The average Bonchev–Trinajstić information content (AvgIpc) is 2.74. The molecule has 1 aliphatic rings. The van der Waals surface area contributed by atoms with Gasteiger partial charge in [-0.25, -0.2) is 0 Å². The van der Waals surface area contributed by atoms with Crippen LogP contribution in [0.25, 0.3) is 0 Å². The molecule has 1 fully saturated rings. The maximum Gasteiger partial charge on any atom is 0.308 e. The molecule has 0 aliphatic carbocycles. The van der Waals surface area contributed by atoms with Crippen molar-refractivity contribution in [3.05, 3.63) is 71.8 Å². The van der Waals surface area contributed by atoms with E-state index in [1.54, 1.807) is 0 Å². The van der Waals surface area contributed by atoms with E-state index in [2.05, 4.69) is 34.5 Å². The first-order chi connectivity index (χ1) is 13.7. The lowest BCUT2D eigenvalue weighted by molar-refractivity contribution is -0.147. The molecule has 0 aromatic heterocycles. The molecule has 2 aromatic rings. The summed E-state index contributed by atoms with van der Waals surface area (Å²) in [6.45, 7) is 1.83. The Hall–Kier alpha value is -2.66. The minimum absolute atomic E-state index is 0.0151. The van der Waals surface area contributed by atoms with Gasteiger partial charge in [0.05, 0.1) is 25.6 Å². The van der Waals surface area contributed by atoms with Crippen LogP contribution in [0.5, 0.6) is 0 Å². The average molecular weight is 380 g/mol. The number of hydrogen-bond acceptors (Lipinski definition) is 4. The van der Waals surface area contributed by atoms with Crippen LogP contribution in [0.15, 0.2) is 60.7 Å². The number of rotatable bonds is 7. The van der Waals surface area contributed by atoms with Gasteiger partial charge in [-0.2, -0.15) is 0 Å². The molecule has 1 aliphatic heterocycles. The third-order valence-electron chi connectivity index (χ3n) is 5.31. The zero-order valence-electron chi connectivity index (χ0n) is 16.3.